The van der Waals surface area contributed by atoms with Crippen LogP contribution in [0.2, 0.25) is 0 Å². The van der Waals surface area contributed by atoms with Crippen molar-refractivity contribution in [1.29, 1.82) is 0 Å². The number of carbonyl (C=O) groups is 2. The quantitative estimate of drug-likeness (QED) is 0.733. The van der Waals surface area contributed by atoms with E-state index in [1.54, 1.807) is 30.3 Å². The van der Waals surface area contributed by atoms with E-state index in [0.29, 0.717) is 23.6 Å². The van der Waals surface area contributed by atoms with Gasteiger partial charge >= 0.3 is 5.69 Å². The first-order valence-corrected chi connectivity index (χ1v) is 8.08. The van der Waals surface area contributed by atoms with Crippen LogP contribution < -0.4 is 16.3 Å². The van der Waals surface area contributed by atoms with E-state index in [-0.39, 0.29) is 11.6 Å². The molecule has 3 N–H and O–H groups in total. The summed E-state index contributed by atoms with van der Waals surface area (Å²) >= 11 is 0. The lowest BCUT2D eigenvalue weighted by Gasteiger charge is -2.17. The van der Waals surface area contributed by atoms with Crippen molar-refractivity contribution >= 4 is 11.8 Å². The van der Waals surface area contributed by atoms with Gasteiger partial charge in [-0.25, -0.2) is 4.79 Å². The maximum absolute atomic E-state index is 12.5. The Bertz CT molecular complexity index is 799. The number of nitrogens with zero attached hydrogens (tertiary/aromatic N) is 1. The van der Waals surface area contributed by atoms with Crippen LogP contribution in [0.25, 0.3) is 0 Å². The number of hydrogen-bond donors (Lipinski definition) is 3. The molecule has 2 amide bonds. The standard InChI is InChI=1S/C18H22N4O3/c1-11(2)9-13-10-14(21-18(25)20-13)16(23)22-15(17(24)19-3)12-7-5-4-6-8-12/h4-8,10-11,15H,9H2,1-3H3,(H,19,24)(H,22,23)(H,20,21,25)/t15-/m0/s1. The number of aromatic nitrogens is 2. The molecule has 1 aromatic heterocycles. The molecule has 0 aliphatic heterocycles. The topological polar surface area (TPSA) is 104 Å². The lowest BCUT2D eigenvalue weighted by atomic mass is 10.1. The molecule has 0 unspecified atom stereocenters. The zero-order chi connectivity index (χ0) is 18.4. The number of amides is 2. The molecule has 7 nitrogen and oxygen atoms in total. The normalized spacial score (nSPS) is 11.8. The maximum atomic E-state index is 12.5. The SMILES string of the molecule is CNC(=O)[C@@H](NC(=O)c1cc(CC(C)C)[nH]c(=O)n1)c1ccccc1. The number of carbonyl (C=O) groups excluding carboxylic acids is 2. The lowest BCUT2D eigenvalue weighted by Crippen LogP contribution is -2.40. The fourth-order valence-electron chi connectivity index (χ4n) is 2.47. The Hall–Kier alpha value is -2.96. The average Bonchev–Trinajstić information content (AvgIpc) is 2.58. The molecule has 0 saturated heterocycles. The van der Waals surface area contributed by atoms with Crippen molar-refractivity contribution in [3.8, 4) is 0 Å². The zero-order valence-electron chi connectivity index (χ0n) is 14.5. The largest absolute Gasteiger partial charge is 0.357 e. The van der Waals surface area contributed by atoms with E-state index in [1.807, 2.05) is 19.9 Å². The van der Waals surface area contributed by atoms with Gasteiger partial charge in [-0.1, -0.05) is 44.2 Å². The van der Waals surface area contributed by atoms with Crippen LogP contribution in [0, 0.1) is 5.92 Å². The fourth-order valence-corrected chi connectivity index (χ4v) is 2.47. The minimum atomic E-state index is -0.867. The number of likely N-dealkylation sites (N-methyl/N-ethyl adjacent to an activating group) is 1. The number of benzene rings is 1. The Kier molecular flexibility index (Phi) is 6.05. The highest BCUT2D eigenvalue weighted by molar-refractivity contribution is 5.96. The van der Waals surface area contributed by atoms with Gasteiger partial charge in [0.05, 0.1) is 0 Å². The van der Waals surface area contributed by atoms with Gasteiger partial charge in [0.25, 0.3) is 5.91 Å². The van der Waals surface area contributed by atoms with Gasteiger partial charge in [0, 0.05) is 12.7 Å². The second-order valence-corrected chi connectivity index (χ2v) is 6.13. The predicted molar refractivity (Wildman–Crippen MR) is 94.1 cm³/mol. The van der Waals surface area contributed by atoms with E-state index in [1.165, 1.54) is 7.05 Å². The first-order valence-electron chi connectivity index (χ1n) is 8.08. The van der Waals surface area contributed by atoms with Gasteiger partial charge in [-0.3, -0.25) is 9.59 Å². The van der Waals surface area contributed by atoms with Gasteiger partial charge in [0.15, 0.2) is 0 Å². The second kappa shape index (κ2) is 8.23. The molecule has 0 saturated carbocycles. The van der Waals surface area contributed by atoms with Crippen molar-refractivity contribution < 1.29 is 9.59 Å². The molecule has 25 heavy (non-hydrogen) atoms. The number of rotatable bonds is 6. The molecule has 0 fully saturated rings. The number of aromatic amines is 1. The first kappa shape index (κ1) is 18.4. The number of hydrogen-bond acceptors (Lipinski definition) is 4. The van der Waals surface area contributed by atoms with E-state index in [0.717, 1.165) is 0 Å². The third-order valence-corrected chi connectivity index (χ3v) is 3.58. The van der Waals surface area contributed by atoms with Gasteiger partial charge in [0.1, 0.15) is 11.7 Å². The first-order chi connectivity index (χ1) is 11.9. The van der Waals surface area contributed by atoms with Crippen molar-refractivity contribution in [3.63, 3.8) is 0 Å². The van der Waals surface area contributed by atoms with Gasteiger partial charge in [-0.15, -0.1) is 0 Å². The summed E-state index contributed by atoms with van der Waals surface area (Å²) in [5, 5.41) is 5.17. The zero-order valence-corrected chi connectivity index (χ0v) is 14.5. The highest BCUT2D eigenvalue weighted by atomic mass is 16.2. The fraction of sp³-hybridized carbons (Fsp3) is 0.333. The number of nitrogens with one attached hydrogen (secondary N) is 3. The molecule has 7 heteroatoms. The monoisotopic (exact) mass is 342 g/mol. The molecular weight excluding hydrogens is 320 g/mol. The van der Waals surface area contributed by atoms with Crippen LogP contribution in [0.1, 0.15) is 41.6 Å². The molecule has 1 aromatic carbocycles. The lowest BCUT2D eigenvalue weighted by molar-refractivity contribution is -0.122. The molecule has 1 heterocycles. The third kappa shape index (κ3) is 5.00. The molecule has 0 bridgehead atoms. The van der Waals surface area contributed by atoms with Crippen LogP contribution >= 0.6 is 0 Å². The Labute approximate surface area is 145 Å². The van der Waals surface area contributed by atoms with E-state index in [9.17, 15) is 14.4 Å². The van der Waals surface area contributed by atoms with Crippen molar-refractivity contribution in [2.45, 2.75) is 26.3 Å². The number of H-pyrrole nitrogens is 1. The van der Waals surface area contributed by atoms with Crippen LogP contribution in [-0.2, 0) is 11.2 Å². The Morgan fingerprint density at radius 2 is 1.88 bits per heavy atom. The predicted octanol–water partition coefficient (Wildman–Crippen LogP) is 1.19. The Balaban J connectivity index is 2.28. The van der Waals surface area contributed by atoms with E-state index >= 15 is 0 Å². The molecule has 0 radical (unpaired) electrons. The molecule has 0 spiro atoms. The molecule has 2 rings (SSSR count). The van der Waals surface area contributed by atoms with Crippen LogP contribution in [-0.4, -0.2) is 28.8 Å². The summed E-state index contributed by atoms with van der Waals surface area (Å²) in [5.74, 6) is -0.614. The smallest absolute Gasteiger partial charge is 0.345 e. The molecule has 0 aliphatic rings. The molecule has 0 aliphatic carbocycles. The van der Waals surface area contributed by atoms with Crippen LogP contribution in [0.3, 0.4) is 0 Å². The van der Waals surface area contributed by atoms with Gasteiger partial charge in [0.2, 0.25) is 5.91 Å². The highest BCUT2D eigenvalue weighted by Gasteiger charge is 2.23. The van der Waals surface area contributed by atoms with Crippen molar-refractivity contribution in [2.24, 2.45) is 5.92 Å². The molecule has 2 aromatic rings. The summed E-state index contributed by atoms with van der Waals surface area (Å²) < 4.78 is 0. The van der Waals surface area contributed by atoms with Gasteiger partial charge < -0.3 is 15.6 Å². The third-order valence-electron chi connectivity index (χ3n) is 3.58. The highest BCUT2D eigenvalue weighted by Crippen LogP contribution is 2.13. The van der Waals surface area contributed by atoms with Crippen LogP contribution in [0.5, 0.6) is 0 Å². The summed E-state index contributed by atoms with van der Waals surface area (Å²) in [6.07, 6.45) is 0.621. The Morgan fingerprint density at radius 3 is 2.48 bits per heavy atom. The van der Waals surface area contributed by atoms with Crippen molar-refractivity contribution in [3.05, 3.63) is 63.8 Å². The summed E-state index contributed by atoms with van der Waals surface area (Å²) in [6, 6.07) is 9.55. The summed E-state index contributed by atoms with van der Waals surface area (Å²) in [7, 11) is 1.50. The van der Waals surface area contributed by atoms with E-state index < -0.39 is 17.6 Å². The van der Waals surface area contributed by atoms with Crippen molar-refractivity contribution in [2.75, 3.05) is 7.05 Å². The summed E-state index contributed by atoms with van der Waals surface area (Å²) in [4.78, 5) is 42.7. The van der Waals surface area contributed by atoms with E-state index in [2.05, 4.69) is 20.6 Å². The molecule has 1 atom stereocenters. The van der Waals surface area contributed by atoms with Gasteiger partial charge in [-0.05, 0) is 24.0 Å². The van der Waals surface area contributed by atoms with E-state index in [4.69, 9.17) is 0 Å². The minimum Gasteiger partial charge on any atom is -0.357 e. The Morgan fingerprint density at radius 1 is 1.20 bits per heavy atom. The average molecular weight is 342 g/mol. The molecule has 132 valence electrons. The van der Waals surface area contributed by atoms with Crippen LogP contribution in [0.15, 0.2) is 41.2 Å². The van der Waals surface area contributed by atoms with Gasteiger partial charge in [-0.2, -0.15) is 4.98 Å². The second-order valence-electron chi connectivity index (χ2n) is 6.13. The summed E-state index contributed by atoms with van der Waals surface area (Å²) in [5.41, 5.74) is 0.683. The maximum Gasteiger partial charge on any atom is 0.345 e. The van der Waals surface area contributed by atoms with Crippen LogP contribution in [0.4, 0.5) is 0 Å². The van der Waals surface area contributed by atoms with Crippen molar-refractivity contribution in [1.82, 2.24) is 20.6 Å². The minimum absolute atomic E-state index is 0.00997. The molecular formula is C18H22N4O3. The summed E-state index contributed by atoms with van der Waals surface area (Å²) in [6.45, 7) is 4.02.